The minimum atomic E-state index is -3.93. The Balaban J connectivity index is 1.63. The molecule has 1 amide bonds. The van der Waals surface area contributed by atoms with Crippen molar-refractivity contribution in [1.29, 1.82) is 0 Å². The summed E-state index contributed by atoms with van der Waals surface area (Å²) >= 11 is 0. The lowest BCUT2D eigenvalue weighted by Gasteiger charge is -2.10. The minimum absolute atomic E-state index is 0.0335. The number of carbonyl (C=O) groups excluding carboxylic acids is 1. The molecule has 2 aromatic carbocycles. The van der Waals surface area contributed by atoms with Gasteiger partial charge >= 0.3 is 5.69 Å². The number of amides is 1. The Morgan fingerprint density at radius 1 is 1.06 bits per heavy atom. The molecule has 32 heavy (non-hydrogen) atoms. The number of para-hydroxylation sites is 2. The molecule has 0 bridgehead atoms. The molecule has 0 aliphatic rings. The van der Waals surface area contributed by atoms with Gasteiger partial charge in [0.25, 0.3) is 15.9 Å². The molecule has 0 fully saturated rings. The van der Waals surface area contributed by atoms with Crippen LogP contribution in [0, 0.1) is 24.0 Å². The average Bonchev–Trinajstić information content (AvgIpc) is 2.71. The number of carbonyl (C=O) groups is 1. The summed E-state index contributed by atoms with van der Waals surface area (Å²) in [6.45, 7) is 2.99. The average molecular weight is 457 g/mol. The van der Waals surface area contributed by atoms with Crippen LogP contribution in [0.1, 0.15) is 11.4 Å². The molecule has 0 spiro atoms. The van der Waals surface area contributed by atoms with Crippen LogP contribution in [0.2, 0.25) is 0 Å². The quantitative estimate of drug-likeness (QED) is 0.387. The van der Waals surface area contributed by atoms with Crippen LogP contribution in [0.5, 0.6) is 5.75 Å². The van der Waals surface area contributed by atoms with Crippen LogP contribution in [0.25, 0.3) is 0 Å². The summed E-state index contributed by atoms with van der Waals surface area (Å²) in [4.78, 5) is 30.5. The molecule has 3 aromatic rings. The maximum Gasteiger partial charge on any atom is 0.310 e. The highest BCUT2D eigenvalue weighted by Gasteiger charge is 2.17. The van der Waals surface area contributed by atoms with Crippen LogP contribution in [-0.2, 0) is 14.8 Å². The van der Waals surface area contributed by atoms with E-state index in [0.29, 0.717) is 17.1 Å². The molecular formula is C20H19N5O6S. The molecule has 12 heteroatoms. The Bertz CT molecular complexity index is 1240. The largest absolute Gasteiger partial charge is 0.477 e. The van der Waals surface area contributed by atoms with Crippen molar-refractivity contribution in [2.45, 2.75) is 18.7 Å². The second-order valence-corrected chi connectivity index (χ2v) is 8.35. The fraction of sp³-hybridized carbons (Fsp3) is 0.150. The summed E-state index contributed by atoms with van der Waals surface area (Å²) in [5, 5.41) is 13.5. The van der Waals surface area contributed by atoms with Gasteiger partial charge in [0.05, 0.1) is 9.82 Å². The van der Waals surface area contributed by atoms with Crippen molar-refractivity contribution in [3.8, 4) is 5.75 Å². The number of sulfonamides is 1. The lowest BCUT2D eigenvalue weighted by molar-refractivity contribution is -0.385. The van der Waals surface area contributed by atoms with E-state index in [-0.39, 0.29) is 22.3 Å². The van der Waals surface area contributed by atoms with Crippen LogP contribution in [0.4, 0.5) is 17.3 Å². The molecule has 3 rings (SSSR count). The molecule has 0 unspecified atom stereocenters. The molecule has 11 nitrogen and oxygen atoms in total. The normalized spacial score (nSPS) is 10.9. The SMILES string of the molecule is Cc1cc(C)nc(NS(=O)(=O)c2ccc(NC(=O)COc3ccccc3[N+](=O)[O-])cc2)n1. The van der Waals surface area contributed by atoms with E-state index < -0.39 is 27.5 Å². The first-order valence-corrected chi connectivity index (χ1v) is 10.7. The lowest BCUT2D eigenvalue weighted by atomic mass is 10.3. The van der Waals surface area contributed by atoms with Crippen molar-refractivity contribution < 1.29 is 22.9 Å². The van der Waals surface area contributed by atoms with Gasteiger partial charge in [0, 0.05) is 23.1 Å². The first-order valence-electron chi connectivity index (χ1n) is 9.25. The van der Waals surface area contributed by atoms with E-state index >= 15 is 0 Å². The summed E-state index contributed by atoms with van der Waals surface area (Å²) in [6, 6.07) is 12.8. The fourth-order valence-electron chi connectivity index (χ4n) is 2.74. The molecule has 2 N–H and O–H groups in total. The Morgan fingerprint density at radius 2 is 1.69 bits per heavy atom. The maximum absolute atomic E-state index is 12.6. The van der Waals surface area contributed by atoms with Crippen molar-refractivity contribution in [3.63, 3.8) is 0 Å². The first kappa shape index (κ1) is 22.6. The molecule has 1 aromatic heterocycles. The molecule has 0 atom stereocenters. The van der Waals surface area contributed by atoms with Crippen molar-refractivity contribution in [2.24, 2.45) is 0 Å². The van der Waals surface area contributed by atoms with Crippen LogP contribution >= 0.6 is 0 Å². The molecule has 1 heterocycles. The molecule has 0 saturated carbocycles. The highest BCUT2D eigenvalue weighted by atomic mass is 32.2. The third-order valence-corrected chi connectivity index (χ3v) is 5.42. The predicted molar refractivity (Wildman–Crippen MR) is 116 cm³/mol. The van der Waals surface area contributed by atoms with Crippen LogP contribution in [0.15, 0.2) is 59.5 Å². The summed E-state index contributed by atoms with van der Waals surface area (Å²) in [5.41, 5.74) is 1.31. The van der Waals surface area contributed by atoms with Crippen molar-refractivity contribution in [3.05, 3.63) is 76.1 Å². The van der Waals surface area contributed by atoms with Crippen molar-refractivity contribution in [2.75, 3.05) is 16.6 Å². The molecule has 166 valence electrons. The van der Waals surface area contributed by atoms with Gasteiger partial charge in [-0.15, -0.1) is 0 Å². The van der Waals surface area contributed by atoms with Gasteiger partial charge < -0.3 is 10.1 Å². The molecule has 0 aliphatic carbocycles. The van der Waals surface area contributed by atoms with Crippen LogP contribution in [-0.4, -0.2) is 35.8 Å². The van der Waals surface area contributed by atoms with Gasteiger partial charge in [0.15, 0.2) is 12.4 Å². The van der Waals surface area contributed by atoms with Gasteiger partial charge in [-0.25, -0.2) is 23.1 Å². The Morgan fingerprint density at radius 3 is 2.31 bits per heavy atom. The summed E-state index contributed by atoms with van der Waals surface area (Å²) in [7, 11) is -3.93. The molecule has 0 saturated heterocycles. The van der Waals surface area contributed by atoms with Crippen LogP contribution < -0.4 is 14.8 Å². The fourth-order valence-corrected chi connectivity index (χ4v) is 3.68. The number of hydrogen-bond donors (Lipinski definition) is 2. The zero-order valence-corrected chi connectivity index (χ0v) is 17.9. The second kappa shape index (κ2) is 9.39. The lowest BCUT2D eigenvalue weighted by Crippen LogP contribution is -2.20. The number of ether oxygens (including phenoxy) is 1. The van der Waals surface area contributed by atoms with E-state index in [9.17, 15) is 23.3 Å². The third kappa shape index (κ3) is 5.76. The number of aromatic nitrogens is 2. The zero-order valence-electron chi connectivity index (χ0n) is 17.1. The van der Waals surface area contributed by atoms with Gasteiger partial charge in [-0.1, -0.05) is 12.1 Å². The monoisotopic (exact) mass is 457 g/mol. The van der Waals surface area contributed by atoms with Gasteiger partial charge in [0.1, 0.15) is 0 Å². The topological polar surface area (TPSA) is 153 Å². The first-order chi connectivity index (χ1) is 15.1. The predicted octanol–water partition coefficient (Wildman–Crippen LogP) is 2.82. The van der Waals surface area contributed by atoms with E-state index in [1.54, 1.807) is 26.0 Å². The highest BCUT2D eigenvalue weighted by Crippen LogP contribution is 2.25. The van der Waals surface area contributed by atoms with E-state index in [0.717, 1.165) is 0 Å². The molecule has 0 radical (unpaired) electrons. The number of anilines is 2. The van der Waals surface area contributed by atoms with E-state index in [4.69, 9.17) is 4.74 Å². The number of nitrogens with zero attached hydrogens (tertiary/aromatic N) is 3. The number of hydrogen-bond acceptors (Lipinski definition) is 8. The number of rotatable bonds is 8. The molecular weight excluding hydrogens is 438 g/mol. The highest BCUT2D eigenvalue weighted by molar-refractivity contribution is 7.92. The van der Waals surface area contributed by atoms with Gasteiger partial charge in [0.2, 0.25) is 5.95 Å². The van der Waals surface area contributed by atoms with Gasteiger partial charge in [-0.2, -0.15) is 0 Å². The maximum atomic E-state index is 12.6. The Hall–Kier alpha value is -4.06. The number of benzene rings is 2. The number of nitrogens with one attached hydrogen (secondary N) is 2. The number of nitro benzene ring substituents is 1. The van der Waals surface area contributed by atoms with Gasteiger partial charge in [-0.3, -0.25) is 14.9 Å². The Kier molecular flexibility index (Phi) is 6.64. The smallest absolute Gasteiger partial charge is 0.310 e. The Labute approximate surface area is 183 Å². The zero-order chi connectivity index (χ0) is 23.3. The van der Waals surface area contributed by atoms with E-state index in [1.165, 1.54) is 42.5 Å². The number of nitro groups is 1. The minimum Gasteiger partial charge on any atom is -0.477 e. The summed E-state index contributed by atoms with van der Waals surface area (Å²) in [5.74, 6) is -0.638. The standard InChI is InChI=1S/C20H19N5O6S/c1-13-11-14(2)22-20(21-13)24-32(29,30)16-9-7-15(8-10-16)23-19(26)12-31-18-6-4-3-5-17(18)25(27)28/h3-11H,12H2,1-2H3,(H,23,26)(H,21,22,24). The summed E-state index contributed by atoms with van der Waals surface area (Å²) in [6.07, 6.45) is 0. The summed E-state index contributed by atoms with van der Waals surface area (Å²) < 4.78 is 32.6. The van der Waals surface area contributed by atoms with E-state index in [1.807, 2.05) is 0 Å². The second-order valence-electron chi connectivity index (χ2n) is 6.67. The van der Waals surface area contributed by atoms with E-state index in [2.05, 4.69) is 20.0 Å². The number of aryl methyl sites for hydroxylation is 2. The van der Waals surface area contributed by atoms with Crippen LogP contribution in [0.3, 0.4) is 0 Å². The van der Waals surface area contributed by atoms with Crippen molar-refractivity contribution in [1.82, 2.24) is 9.97 Å². The molecule has 0 aliphatic heterocycles. The van der Waals surface area contributed by atoms with Gasteiger partial charge in [-0.05, 0) is 50.2 Å². The third-order valence-electron chi connectivity index (χ3n) is 4.08. The van der Waals surface area contributed by atoms with Crippen molar-refractivity contribution >= 4 is 33.3 Å².